The summed E-state index contributed by atoms with van der Waals surface area (Å²) in [5.41, 5.74) is 0.0526. The number of halogens is 3. The molecule has 3 aliphatic heterocycles. The van der Waals surface area contributed by atoms with E-state index in [1.807, 2.05) is 4.90 Å². The molecule has 0 aromatic carbocycles. The predicted molar refractivity (Wildman–Crippen MR) is 102 cm³/mol. The Kier molecular flexibility index (Phi) is 7.60. The van der Waals surface area contributed by atoms with Gasteiger partial charge in [-0.15, -0.1) is 0 Å². The van der Waals surface area contributed by atoms with Gasteiger partial charge in [0, 0.05) is 44.3 Å². The predicted octanol–water partition coefficient (Wildman–Crippen LogP) is 2.26. The van der Waals surface area contributed by atoms with Gasteiger partial charge in [-0.05, 0) is 37.9 Å². The molecule has 4 heterocycles. The van der Waals surface area contributed by atoms with Crippen LogP contribution in [0.25, 0.3) is 0 Å². The minimum Gasteiger partial charge on any atom is -0.475 e. The SMILES string of the molecule is O=C(O)C(F)(F)F.O=C(c1ccco1)N1CCOCC2(CCN(C3CCOCC3)C2)C1. The summed E-state index contributed by atoms with van der Waals surface area (Å²) in [7, 11) is 0. The van der Waals surface area contributed by atoms with E-state index in [0.717, 1.165) is 58.7 Å². The van der Waals surface area contributed by atoms with Crippen molar-refractivity contribution in [2.45, 2.75) is 31.5 Å². The quantitative estimate of drug-likeness (QED) is 0.742. The number of amides is 1. The molecule has 1 amide bonds. The van der Waals surface area contributed by atoms with E-state index in [9.17, 15) is 18.0 Å². The van der Waals surface area contributed by atoms with Gasteiger partial charge in [-0.1, -0.05) is 0 Å². The minimum atomic E-state index is -5.08. The molecule has 0 bridgehead atoms. The summed E-state index contributed by atoms with van der Waals surface area (Å²) in [6.45, 7) is 6.59. The first kappa shape index (κ1) is 23.6. The summed E-state index contributed by atoms with van der Waals surface area (Å²) in [4.78, 5) is 26.1. The number of hydrogen-bond donors (Lipinski definition) is 1. The van der Waals surface area contributed by atoms with Crippen molar-refractivity contribution in [2.24, 2.45) is 5.41 Å². The molecule has 31 heavy (non-hydrogen) atoms. The van der Waals surface area contributed by atoms with Crippen LogP contribution in [0.5, 0.6) is 0 Å². The first-order valence-corrected chi connectivity index (χ1v) is 10.2. The van der Waals surface area contributed by atoms with Crippen LogP contribution in [-0.4, -0.2) is 91.6 Å². The Hall–Kier alpha value is -2.11. The number of carboxylic acid groups (broad SMARTS) is 1. The maximum Gasteiger partial charge on any atom is 0.490 e. The molecule has 1 spiro atoms. The van der Waals surface area contributed by atoms with Crippen molar-refractivity contribution in [3.05, 3.63) is 24.2 Å². The summed E-state index contributed by atoms with van der Waals surface area (Å²) in [6.07, 6.45) is -0.204. The maximum absolute atomic E-state index is 12.7. The van der Waals surface area contributed by atoms with Crippen molar-refractivity contribution in [2.75, 3.05) is 52.6 Å². The van der Waals surface area contributed by atoms with E-state index in [-0.39, 0.29) is 11.3 Å². The zero-order chi connectivity index (χ0) is 22.5. The van der Waals surface area contributed by atoms with Gasteiger partial charge in [-0.2, -0.15) is 13.2 Å². The van der Waals surface area contributed by atoms with Crippen LogP contribution >= 0.6 is 0 Å². The van der Waals surface area contributed by atoms with Crippen LogP contribution in [0, 0.1) is 5.41 Å². The maximum atomic E-state index is 12.7. The normalized spacial score (nSPS) is 25.7. The van der Waals surface area contributed by atoms with Gasteiger partial charge in [0.15, 0.2) is 5.76 Å². The number of carboxylic acids is 1. The number of likely N-dealkylation sites (tertiary alicyclic amines) is 1. The number of rotatable bonds is 2. The van der Waals surface area contributed by atoms with Crippen LogP contribution in [0.3, 0.4) is 0 Å². The lowest BCUT2D eigenvalue weighted by molar-refractivity contribution is -0.192. The molecule has 11 heteroatoms. The van der Waals surface area contributed by atoms with Gasteiger partial charge in [-0.3, -0.25) is 9.69 Å². The van der Waals surface area contributed by atoms with E-state index in [4.69, 9.17) is 23.8 Å². The lowest BCUT2D eigenvalue weighted by atomic mass is 9.87. The smallest absolute Gasteiger partial charge is 0.475 e. The number of aliphatic carboxylic acids is 1. The largest absolute Gasteiger partial charge is 0.490 e. The number of alkyl halides is 3. The lowest BCUT2D eigenvalue weighted by Crippen LogP contribution is -2.45. The highest BCUT2D eigenvalue weighted by atomic mass is 19.4. The van der Waals surface area contributed by atoms with Gasteiger partial charge in [0.2, 0.25) is 0 Å². The van der Waals surface area contributed by atoms with E-state index < -0.39 is 12.1 Å². The van der Waals surface area contributed by atoms with Crippen molar-refractivity contribution < 1.29 is 41.8 Å². The summed E-state index contributed by atoms with van der Waals surface area (Å²) in [5, 5.41) is 7.12. The number of furan rings is 1. The first-order valence-electron chi connectivity index (χ1n) is 10.2. The fraction of sp³-hybridized carbons (Fsp3) is 0.700. The zero-order valence-electron chi connectivity index (χ0n) is 17.1. The van der Waals surface area contributed by atoms with Gasteiger partial charge >= 0.3 is 12.1 Å². The molecular weight excluding hydrogens is 421 g/mol. The molecule has 1 atom stereocenters. The molecule has 0 radical (unpaired) electrons. The first-order chi connectivity index (χ1) is 14.7. The summed E-state index contributed by atoms with van der Waals surface area (Å²) in [6, 6.07) is 4.12. The molecule has 3 aliphatic rings. The van der Waals surface area contributed by atoms with E-state index in [1.165, 1.54) is 0 Å². The molecule has 1 aromatic rings. The molecule has 0 saturated carbocycles. The Morgan fingerprint density at radius 1 is 1.10 bits per heavy atom. The summed E-state index contributed by atoms with van der Waals surface area (Å²) in [5.74, 6) is -2.35. The number of hydrogen-bond acceptors (Lipinski definition) is 6. The monoisotopic (exact) mass is 448 g/mol. The van der Waals surface area contributed by atoms with E-state index in [0.29, 0.717) is 25.0 Å². The Balaban J connectivity index is 0.000000339. The van der Waals surface area contributed by atoms with Gasteiger partial charge in [0.05, 0.1) is 19.5 Å². The van der Waals surface area contributed by atoms with E-state index in [1.54, 1.807) is 18.4 Å². The molecule has 8 nitrogen and oxygen atoms in total. The Morgan fingerprint density at radius 3 is 2.42 bits per heavy atom. The molecular formula is C20H27F3N2O6. The Morgan fingerprint density at radius 2 is 1.81 bits per heavy atom. The molecule has 4 rings (SSSR count). The Bertz CT molecular complexity index is 736. The van der Waals surface area contributed by atoms with Crippen LogP contribution in [0.1, 0.15) is 29.8 Å². The number of nitrogens with zero attached hydrogens (tertiary/aromatic N) is 2. The number of ether oxygens (including phenoxy) is 2. The molecule has 1 N–H and O–H groups in total. The lowest BCUT2D eigenvalue weighted by Gasteiger charge is -2.35. The molecule has 174 valence electrons. The highest BCUT2D eigenvalue weighted by Crippen LogP contribution is 2.36. The number of carbonyl (C=O) groups is 2. The van der Waals surface area contributed by atoms with Gasteiger partial charge in [-0.25, -0.2) is 4.79 Å². The minimum absolute atomic E-state index is 0.0191. The average molecular weight is 448 g/mol. The third-order valence-corrected chi connectivity index (χ3v) is 5.88. The van der Waals surface area contributed by atoms with Crippen molar-refractivity contribution in [1.29, 1.82) is 0 Å². The van der Waals surface area contributed by atoms with Gasteiger partial charge in [0.25, 0.3) is 5.91 Å². The molecule has 1 unspecified atom stereocenters. The van der Waals surface area contributed by atoms with Gasteiger partial charge < -0.3 is 23.9 Å². The second kappa shape index (κ2) is 10.0. The highest BCUT2D eigenvalue weighted by Gasteiger charge is 2.44. The third-order valence-electron chi connectivity index (χ3n) is 5.88. The van der Waals surface area contributed by atoms with Crippen molar-refractivity contribution in [3.63, 3.8) is 0 Å². The van der Waals surface area contributed by atoms with Crippen molar-refractivity contribution in [1.82, 2.24) is 9.80 Å². The summed E-state index contributed by atoms with van der Waals surface area (Å²) >= 11 is 0. The van der Waals surface area contributed by atoms with Crippen molar-refractivity contribution >= 4 is 11.9 Å². The van der Waals surface area contributed by atoms with Crippen LogP contribution in [0.4, 0.5) is 13.2 Å². The van der Waals surface area contributed by atoms with E-state index in [2.05, 4.69) is 4.90 Å². The topological polar surface area (TPSA) is 92.4 Å². The highest BCUT2D eigenvalue weighted by molar-refractivity contribution is 5.91. The van der Waals surface area contributed by atoms with Crippen LogP contribution < -0.4 is 0 Å². The average Bonchev–Trinajstić information content (AvgIpc) is 3.36. The van der Waals surface area contributed by atoms with Gasteiger partial charge in [0.1, 0.15) is 0 Å². The van der Waals surface area contributed by atoms with Crippen molar-refractivity contribution in [3.8, 4) is 0 Å². The Labute approximate surface area is 177 Å². The number of carbonyl (C=O) groups excluding carboxylic acids is 1. The second-order valence-electron chi connectivity index (χ2n) is 8.12. The standard InChI is InChI=1S/C18H26N2O4.C2HF3O2/c21-17(16-2-1-8-24-16)20-7-11-23-14-18(13-20)5-6-19(12-18)15-3-9-22-10-4-15;3-2(4,5)1(6)7/h1-2,8,15H,3-7,9-14H2;(H,6,7). The fourth-order valence-electron chi connectivity index (χ4n) is 4.30. The molecule has 3 fully saturated rings. The molecule has 0 aliphatic carbocycles. The molecule has 3 saturated heterocycles. The fourth-order valence-corrected chi connectivity index (χ4v) is 4.30. The summed E-state index contributed by atoms with van der Waals surface area (Å²) < 4.78 is 48.4. The van der Waals surface area contributed by atoms with E-state index >= 15 is 0 Å². The second-order valence-corrected chi connectivity index (χ2v) is 8.12. The zero-order valence-corrected chi connectivity index (χ0v) is 17.1. The molecule has 1 aromatic heterocycles. The van der Waals surface area contributed by atoms with Crippen LogP contribution in [-0.2, 0) is 14.3 Å². The van der Waals surface area contributed by atoms with Crippen LogP contribution in [0.15, 0.2) is 22.8 Å². The van der Waals surface area contributed by atoms with Crippen LogP contribution in [0.2, 0.25) is 0 Å². The third kappa shape index (κ3) is 6.20.